The van der Waals surface area contributed by atoms with Crippen LogP contribution in [0.5, 0.6) is 17.2 Å². The average molecular weight is 272 g/mol. The predicted octanol–water partition coefficient (Wildman–Crippen LogP) is 4.16. The molecule has 0 saturated heterocycles. The Morgan fingerprint density at radius 3 is 2.30 bits per heavy atom. The van der Waals surface area contributed by atoms with Crippen molar-refractivity contribution in [1.29, 1.82) is 0 Å². The van der Waals surface area contributed by atoms with Gasteiger partial charge in [-0.05, 0) is 44.5 Å². The fourth-order valence-electron chi connectivity index (χ4n) is 2.23. The van der Waals surface area contributed by atoms with Gasteiger partial charge < -0.3 is 14.6 Å². The van der Waals surface area contributed by atoms with Crippen molar-refractivity contribution in [2.24, 2.45) is 0 Å². The van der Waals surface area contributed by atoms with Crippen molar-refractivity contribution in [3.8, 4) is 17.2 Å². The van der Waals surface area contributed by atoms with Crippen LogP contribution in [0, 0.1) is 13.8 Å². The van der Waals surface area contributed by atoms with Crippen molar-refractivity contribution >= 4 is 0 Å². The Morgan fingerprint density at radius 1 is 1.00 bits per heavy atom. The molecular formula is C17H20O3. The van der Waals surface area contributed by atoms with Crippen LogP contribution in [0.25, 0.3) is 0 Å². The fourth-order valence-corrected chi connectivity index (χ4v) is 2.23. The second-order valence-electron chi connectivity index (χ2n) is 4.92. The van der Waals surface area contributed by atoms with Gasteiger partial charge in [0.05, 0.1) is 18.8 Å². The fraction of sp³-hybridized carbons (Fsp3) is 0.294. The molecule has 3 nitrogen and oxygen atoms in total. The number of hydrogen-bond acceptors (Lipinski definition) is 3. The monoisotopic (exact) mass is 272 g/mol. The van der Waals surface area contributed by atoms with Crippen molar-refractivity contribution in [1.82, 2.24) is 0 Å². The van der Waals surface area contributed by atoms with Crippen LogP contribution in [0.1, 0.15) is 29.7 Å². The second kappa shape index (κ2) is 5.97. The van der Waals surface area contributed by atoms with E-state index in [-0.39, 0.29) is 0 Å². The lowest BCUT2D eigenvalue weighted by molar-refractivity contribution is 0.190. The second-order valence-corrected chi connectivity index (χ2v) is 4.92. The molecule has 1 N–H and O–H groups in total. The van der Waals surface area contributed by atoms with Gasteiger partial charge in [0, 0.05) is 0 Å². The maximum Gasteiger partial charge on any atom is 0.136 e. The Labute approximate surface area is 119 Å². The van der Waals surface area contributed by atoms with E-state index in [0.29, 0.717) is 17.1 Å². The van der Waals surface area contributed by atoms with Gasteiger partial charge in [0.15, 0.2) is 0 Å². The normalized spacial score (nSPS) is 12.1. The third-order valence-corrected chi connectivity index (χ3v) is 3.21. The van der Waals surface area contributed by atoms with Crippen LogP contribution in [0.3, 0.4) is 0 Å². The summed E-state index contributed by atoms with van der Waals surface area (Å²) in [6, 6.07) is 11.5. The maximum absolute atomic E-state index is 9.95. The van der Waals surface area contributed by atoms with Crippen LogP contribution in [0.15, 0.2) is 36.4 Å². The van der Waals surface area contributed by atoms with Crippen LogP contribution in [0.2, 0.25) is 0 Å². The van der Waals surface area contributed by atoms with Crippen LogP contribution in [-0.4, -0.2) is 12.2 Å². The van der Waals surface area contributed by atoms with E-state index in [9.17, 15) is 5.11 Å². The molecule has 0 aliphatic rings. The summed E-state index contributed by atoms with van der Waals surface area (Å²) < 4.78 is 11.3. The van der Waals surface area contributed by atoms with Crippen LogP contribution < -0.4 is 9.47 Å². The molecule has 0 saturated carbocycles. The van der Waals surface area contributed by atoms with E-state index in [1.165, 1.54) is 5.56 Å². The van der Waals surface area contributed by atoms with E-state index >= 15 is 0 Å². The lowest BCUT2D eigenvalue weighted by Crippen LogP contribution is -2.00. The number of aliphatic hydroxyl groups excluding tert-OH is 1. The van der Waals surface area contributed by atoms with Gasteiger partial charge in [0.1, 0.15) is 17.2 Å². The third-order valence-electron chi connectivity index (χ3n) is 3.21. The molecule has 0 spiro atoms. The summed E-state index contributed by atoms with van der Waals surface area (Å²) >= 11 is 0. The molecule has 106 valence electrons. The molecule has 1 atom stereocenters. The van der Waals surface area contributed by atoms with Crippen molar-refractivity contribution < 1.29 is 14.6 Å². The number of benzene rings is 2. The Bertz CT molecular complexity index is 603. The van der Waals surface area contributed by atoms with Crippen molar-refractivity contribution in [2.75, 3.05) is 7.11 Å². The standard InChI is InChI=1S/C17H20O3/c1-11-8-9-14(12(2)10-11)20-16-7-5-6-15(19-4)17(16)13(3)18/h5-10,13,18H,1-4H3. The highest BCUT2D eigenvalue weighted by atomic mass is 16.5. The number of aliphatic hydroxyl groups is 1. The lowest BCUT2D eigenvalue weighted by atomic mass is 10.1. The van der Waals surface area contributed by atoms with Crippen LogP contribution >= 0.6 is 0 Å². The van der Waals surface area contributed by atoms with Gasteiger partial charge in [0.2, 0.25) is 0 Å². The van der Waals surface area contributed by atoms with E-state index in [0.717, 1.165) is 11.3 Å². The van der Waals surface area contributed by atoms with Gasteiger partial charge in [-0.2, -0.15) is 0 Å². The number of rotatable bonds is 4. The van der Waals surface area contributed by atoms with E-state index in [1.54, 1.807) is 14.0 Å². The van der Waals surface area contributed by atoms with Gasteiger partial charge in [0.25, 0.3) is 0 Å². The number of methoxy groups -OCH3 is 1. The van der Waals surface area contributed by atoms with Gasteiger partial charge in [-0.25, -0.2) is 0 Å². The summed E-state index contributed by atoms with van der Waals surface area (Å²) in [5.74, 6) is 2.03. The summed E-state index contributed by atoms with van der Waals surface area (Å²) in [5, 5.41) is 9.95. The SMILES string of the molecule is COc1cccc(Oc2ccc(C)cc2C)c1C(C)O. The zero-order valence-electron chi connectivity index (χ0n) is 12.3. The highest BCUT2D eigenvalue weighted by Crippen LogP contribution is 2.37. The molecule has 0 radical (unpaired) electrons. The first kappa shape index (κ1) is 14.4. The predicted molar refractivity (Wildman–Crippen MR) is 79.6 cm³/mol. The number of hydrogen-bond donors (Lipinski definition) is 1. The Morgan fingerprint density at radius 2 is 1.70 bits per heavy atom. The molecule has 2 rings (SSSR count). The first-order chi connectivity index (χ1) is 9.52. The van der Waals surface area contributed by atoms with Crippen molar-refractivity contribution in [3.05, 3.63) is 53.1 Å². The first-order valence-electron chi connectivity index (χ1n) is 6.63. The molecule has 0 heterocycles. The number of aryl methyl sites for hydroxylation is 2. The molecule has 0 bridgehead atoms. The highest BCUT2D eigenvalue weighted by Gasteiger charge is 2.16. The van der Waals surface area contributed by atoms with E-state index in [1.807, 2.05) is 44.2 Å². The van der Waals surface area contributed by atoms with Crippen molar-refractivity contribution in [3.63, 3.8) is 0 Å². The van der Waals surface area contributed by atoms with Crippen LogP contribution in [0.4, 0.5) is 0 Å². The Balaban J connectivity index is 2.43. The zero-order chi connectivity index (χ0) is 14.7. The molecule has 0 amide bonds. The molecule has 0 aliphatic carbocycles. The number of ether oxygens (including phenoxy) is 2. The van der Waals surface area contributed by atoms with Gasteiger partial charge in [-0.3, -0.25) is 0 Å². The lowest BCUT2D eigenvalue weighted by Gasteiger charge is -2.17. The summed E-state index contributed by atoms with van der Waals surface area (Å²) in [5.41, 5.74) is 2.91. The molecule has 0 aromatic heterocycles. The molecule has 0 fully saturated rings. The summed E-state index contributed by atoms with van der Waals surface area (Å²) in [6.45, 7) is 5.75. The highest BCUT2D eigenvalue weighted by molar-refractivity contribution is 5.49. The zero-order valence-corrected chi connectivity index (χ0v) is 12.3. The maximum atomic E-state index is 9.95. The quantitative estimate of drug-likeness (QED) is 0.908. The van der Waals surface area contributed by atoms with Crippen LogP contribution in [-0.2, 0) is 0 Å². The van der Waals surface area contributed by atoms with Gasteiger partial charge in [-0.1, -0.05) is 23.8 Å². The minimum atomic E-state index is -0.660. The van der Waals surface area contributed by atoms with E-state index in [4.69, 9.17) is 9.47 Å². The van der Waals surface area contributed by atoms with E-state index in [2.05, 4.69) is 6.07 Å². The molecule has 2 aromatic rings. The van der Waals surface area contributed by atoms with E-state index < -0.39 is 6.10 Å². The van der Waals surface area contributed by atoms with Gasteiger partial charge >= 0.3 is 0 Å². The summed E-state index contributed by atoms with van der Waals surface area (Å²) in [4.78, 5) is 0. The topological polar surface area (TPSA) is 38.7 Å². The molecule has 0 aliphatic heterocycles. The summed E-state index contributed by atoms with van der Waals surface area (Å²) in [6.07, 6.45) is -0.660. The Kier molecular flexibility index (Phi) is 4.30. The summed E-state index contributed by atoms with van der Waals surface area (Å²) in [7, 11) is 1.59. The Hall–Kier alpha value is -2.00. The average Bonchev–Trinajstić information content (AvgIpc) is 2.41. The molecule has 2 aromatic carbocycles. The molecular weight excluding hydrogens is 252 g/mol. The minimum absolute atomic E-state index is 0.617. The molecule has 3 heteroatoms. The largest absolute Gasteiger partial charge is 0.496 e. The third kappa shape index (κ3) is 2.94. The first-order valence-corrected chi connectivity index (χ1v) is 6.63. The van der Waals surface area contributed by atoms with Crippen molar-refractivity contribution in [2.45, 2.75) is 26.9 Å². The van der Waals surface area contributed by atoms with Gasteiger partial charge in [-0.15, -0.1) is 0 Å². The molecule has 1 unspecified atom stereocenters. The molecule has 20 heavy (non-hydrogen) atoms. The minimum Gasteiger partial charge on any atom is -0.496 e. The smallest absolute Gasteiger partial charge is 0.136 e.